The lowest BCUT2D eigenvalue weighted by Gasteiger charge is -2.32. The summed E-state index contributed by atoms with van der Waals surface area (Å²) in [5.41, 5.74) is 0. The quantitative estimate of drug-likeness (QED) is 0.699. The summed E-state index contributed by atoms with van der Waals surface area (Å²) in [6.45, 7) is 7.47. The number of hydrogen-bond acceptors (Lipinski definition) is 3. The predicted octanol–water partition coefficient (Wildman–Crippen LogP) is 1.58. The molecule has 0 aromatic carbocycles. The summed E-state index contributed by atoms with van der Waals surface area (Å²) in [5.74, 6) is -1.97. The first-order valence-electron chi connectivity index (χ1n) is 4.68. The van der Waals surface area contributed by atoms with Crippen molar-refractivity contribution >= 4 is 28.6 Å². The van der Waals surface area contributed by atoms with Gasteiger partial charge in [0.05, 0.1) is 12.1 Å². The van der Waals surface area contributed by atoms with Gasteiger partial charge in [-0.25, -0.2) is 0 Å². The minimum atomic E-state index is -2.65. The molecule has 0 aromatic heterocycles. The molecular formula is C8H18O5Si2. The van der Waals surface area contributed by atoms with Gasteiger partial charge in [-0.3, -0.25) is 9.59 Å². The Labute approximate surface area is 91.3 Å². The zero-order valence-electron chi connectivity index (χ0n) is 9.53. The number of carboxylic acid groups (broad SMARTS) is 2. The SMILES string of the molecule is C[Si](C)(C)O[Si](C)(CC(=O)O)CC(=O)O. The maximum atomic E-state index is 10.7. The lowest BCUT2D eigenvalue weighted by Crippen LogP contribution is -2.47. The maximum Gasteiger partial charge on any atom is 0.302 e. The molecule has 0 unspecified atom stereocenters. The highest BCUT2D eigenvalue weighted by Gasteiger charge is 2.38. The van der Waals surface area contributed by atoms with Crippen LogP contribution in [0.5, 0.6) is 0 Å². The third kappa shape index (κ3) is 7.28. The fourth-order valence-corrected chi connectivity index (χ4v) is 9.41. The second-order valence-electron chi connectivity index (χ2n) is 4.81. The van der Waals surface area contributed by atoms with E-state index < -0.39 is 28.6 Å². The molecule has 0 spiro atoms. The zero-order chi connectivity index (χ0) is 12.3. The van der Waals surface area contributed by atoms with Gasteiger partial charge in [0.1, 0.15) is 0 Å². The van der Waals surface area contributed by atoms with Crippen molar-refractivity contribution in [1.82, 2.24) is 0 Å². The molecule has 0 rings (SSSR count). The first-order valence-corrected chi connectivity index (χ1v) is 10.9. The molecule has 0 amide bonds. The molecule has 0 fully saturated rings. The molecule has 0 radical (unpaired) electrons. The summed E-state index contributed by atoms with van der Waals surface area (Å²) < 4.78 is 5.76. The molecule has 0 aromatic rings. The van der Waals surface area contributed by atoms with Crippen LogP contribution in [0.4, 0.5) is 0 Å². The normalized spacial score (nSPS) is 12.5. The average Bonchev–Trinajstić information content (AvgIpc) is 1.73. The predicted molar refractivity (Wildman–Crippen MR) is 60.9 cm³/mol. The minimum absolute atomic E-state index is 0.149. The van der Waals surface area contributed by atoms with Crippen LogP contribution < -0.4 is 0 Å². The standard InChI is InChI=1S/C8H18O5Si2/c1-14(2,3)13-15(4,5-7(9)10)6-8(11)12/h5-6H2,1-4H3,(H,9,10)(H,11,12). The van der Waals surface area contributed by atoms with Crippen molar-refractivity contribution in [3.8, 4) is 0 Å². The largest absolute Gasteiger partial charge is 0.481 e. The topological polar surface area (TPSA) is 83.8 Å². The Kier molecular flexibility index (Phi) is 4.69. The van der Waals surface area contributed by atoms with Gasteiger partial charge in [-0.2, -0.15) is 0 Å². The molecule has 0 saturated carbocycles. The summed E-state index contributed by atoms with van der Waals surface area (Å²) >= 11 is 0. The first-order chi connectivity index (χ1) is 6.54. The second-order valence-corrected chi connectivity index (χ2v) is 13.5. The van der Waals surface area contributed by atoms with Crippen molar-refractivity contribution in [2.45, 2.75) is 38.3 Å². The van der Waals surface area contributed by atoms with Gasteiger partial charge >= 0.3 is 11.9 Å². The van der Waals surface area contributed by atoms with Gasteiger partial charge in [0, 0.05) is 0 Å². The fraction of sp³-hybridized carbons (Fsp3) is 0.750. The summed E-state index contributed by atoms with van der Waals surface area (Å²) in [5, 5.41) is 17.5. The van der Waals surface area contributed by atoms with Gasteiger partial charge in [-0.05, 0) is 26.2 Å². The Balaban J connectivity index is 4.69. The molecule has 2 N–H and O–H groups in total. The highest BCUT2D eigenvalue weighted by Crippen LogP contribution is 2.22. The summed E-state index contributed by atoms with van der Waals surface area (Å²) in [4.78, 5) is 21.3. The minimum Gasteiger partial charge on any atom is -0.481 e. The Bertz CT molecular complexity index is 242. The van der Waals surface area contributed by atoms with E-state index >= 15 is 0 Å². The molecule has 0 aliphatic rings. The first kappa shape index (κ1) is 14.3. The summed E-state index contributed by atoms with van der Waals surface area (Å²) in [6, 6.07) is -0.298. The maximum absolute atomic E-state index is 10.7. The van der Waals surface area contributed by atoms with Gasteiger partial charge in [0.15, 0.2) is 16.6 Å². The molecule has 7 heteroatoms. The van der Waals surface area contributed by atoms with E-state index in [9.17, 15) is 9.59 Å². The number of carbonyl (C=O) groups is 2. The Morgan fingerprint density at radius 3 is 1.53 bits per heavy atom. The van der Waals surface area contributed by atoms with Gasteiger partial charge in [0.2, 0.25) is 0 Å². The van der Waals surface area contributed by atoms with Crippen molar-refractivity contribution in [3.05, 3.63) is 0 Å². The second kappa shape index (κ2) is 4.91. The Morgan fingerprint density at radius 2 is 1.33 bits per heavy atom. The molecule has 15 heavy (non-hydrogen) atoms. The highest BCUT2D eigenvalue weighted by atomic mass is 28.4. The van der Waals surface area contributed by atoms with Crippen molar-refractivity contribution < 1.29 is 23.9 Å². The number of hydrogen-bond donors (Lipinski definition) is 2. The van der Waals surface area contributed by atoms with Gasteiger partial charge in [0.25, 0.3) is 0 Å². The number of aliphatic carboxylic acids is 2. The van der Waals surface area contributed by atoms with Crippen LogP contribution in [-0.2, 0) is 13.7 Å². The van der Waals surface area contributed by atoms with Crippen LogP contribution in [0.2, 0.25) is 38.3 Å². The molecule has 0 bridgehead atoms. The van der Waals surface area contributed by atoms with Crippen LogP contribution in [-0.4, -0.2) is 38.8 Å². The van der Waals surface area contributed by atoms with Crippen LogP contribution in [0, 0.1) is 0 Å². The number of rotatable bonds is 6. The zero-order valence-corrected chi connectivity index (χ0v) is 11.5. The average molecular weight is 250 g/mol. The molecule has 0 heterocycles. The third-order valence-electron chi connectivity index (χ3n) is 1.60. The Morgan fingerprint density at radius 1 is 1.00 bits per heavy atom. The van der Waals surface area contributed by atoms with Gasteiger partial charge in [-0.1, -0.05) is 0 Å². The fourth-order valence-electron chi connectivity index (χ4n) is 1.51. The lowest BCUT2D eigenvalue weighted by molar-refractivity contribution is -0.134. The highest BCUT2D eigenvalue weighted by molar-refractivity contribution is 6.87. The van der Waals surface area contributed by atoms with E-state index in [-0.39, 0.29) is 12.1 Å². The van der Waals surface area contributed by atoms with E-state index in [1.807, 2.05) is 19.6 Å². The summed E-state index contributed by atoms with van der Waals surface area (Å²) in [7, 11) is -4.54. The molecule has 0 atom stereocenters. The van der Waals surface area contributed by atoms with E-state index in [0.29, 0.717) is 0 Å². The van der Waals surface area contributed by atoms with Crippen molar-refractivity contribution in [1.29, 1.82) is 0 Å². The Hall–Kier alpha value is -0.666. The smallest absolute Gasteiger partial charge is 0.302 e. The summed E-state index contributed by atoms with van der Waals surface area (Å²) in [6.07, 6.45) is 0. The molecule has 0 aliphatic heterocycles. The molecule has 88 valence electrons. The number of carboxylic acids is 2. The molecule has 0 aliphatic carbocycles. The van der Waals surface area contributed by atoms with Crippen molar-refractivity contribution in [2.75, 3.05) is 0 Å². The van der Waals surface area contributed by atoms with E-state index in [1.54, 1.807) is 6.55 Å². The lowest BCUT2D eigenvalue weighted by atomic mass is 10.8. The van der Waals surface area contributed by atoms with E-state index in [1.165, 1.54) is 0 Å². The van der Waals surface area contributed by atoms with Crippen molar-refractivity contribution in [3.63, 3.8) is 0 Å². The molecule has 0 saturated heterocycles. The monoisotopic (exact) mass is 250 g/mol. The van der Waals surface area contributed by atoms with Crippen LogP contribution in [0.1, 0.15) is 0 Å². The van der Waals surface area contributed by atoms with Crippen LogP contribution in [0.25, 0.3) is 0 Å². The van der Waals surface area contributed by atoms with Crippen molar-refractivity contribution in [2.24, 2.45) is 0 Å². The van der Waals surface area contributed by atoms with Gasteiger partial charge < -0.3 is 14.3 Å². The van der Waals surface area contributed by atoms with Crippen LogP contribution >= 0.6 is 0 Å². The van der Waals surface area contributed by atoms with Crippen LogP contribution in [0.3, 0.4) is 0 Å². The van der Waals surface area contributed by atoms with E-state index in [2.05, 4.69) is 0 Å². The van der Waals surface area contributed by atoms with Crippen LogP contribution in [0.15, 0.2) is 0 Å². The van der Waals surface area contributed by atoms with Gasteiger partial charge in [-0.15, -0.1) is 0 Å². The molecule has 5 nitrogen and oxygen atoms in total. The third-order valence-corrected chi connectivity index (χ3v) is 8.12. The van der Waals surface area contributed by atoms with E-state index in [0.717, 1.165) is 0 Å². The van der Waals surface area contributed by atoms with E-state index in [4.69, 9.17) is 14.3 Å². The molecular weight excluding hydrogens is 232 g/mol.